The Kier molecular flexibility index (Phi) is 5.96. The van der Waals surface area contributed by atoms with Crippen LogP contribution in [0.3, 0.4) is 0 Å². The van der Waals surface area contributed by atoms with E-state index in [1.807, 2.05) is 50.2 Å². The van der Waals surface area contributed by atoms with Gasteiger partial charge in [0.05, 0.1) is 11.8 Å². The fourth-order valence-electron chi connectivity index (χ4n) is 3.20. The number of aliphatic hydroxyl groups excluding tert-OH is 1. The Labute approximate surface area is 164 Å². The third kappa shape index (κ3) is 4.68. The van der Waals surface area contributed by atoms with Crippen molar-refractivity contribution < 1.29 is 19.4 Å². The zero-order valence-electron chi connectivity index (χ0n) is 16.0. The maximum Gasteiger partial charge on any atom is 0.412 e. The van der Waals surface area contributed by atoms with Crippen LogP contribution >= 0.6 is 0 Å². The highest BCUT2D eigenvalue weighted by Crippen LogP contribution is 2.25. The largest absolute Gasteiger partial charge is 0.412 e. The van der Waals surface area contributed by atoms with Crippen LogP contribution < -0.4 is 15.4 Å². The minimum atomic E-state index is -1.09. The Bertz CT molecular complexity index is 811. The molecular weight excluding hydrogens is 358 g/mol. The number of rotatable bonds is 6. The fraction of sp³-hybridized carbons (Fsp3) is 0.333. The van der Waals surface area contributed by atoms with Crippen molar-refractivity contribution in [3.8, 4) is 5.75 Å². The van der Waals surface area contributed by atoms with Gasteiger partial charge in [-0.1, -0.05) is 48.5 Å². The highest BCUT2D eigenvalue weighted by atomic mass is 16.6. The standard InChI is InChI=1S/C21H25N3O4/c1-21(2)23-18(19(26)24(21)14-15-9-5-3-6-10-15)17(25)13-22-20(27)28-16-11-7-4-8-12-16/h3-12,17-18,23,25H,13-14H2,1-2H3,(H,22,27). The summed E-state index contributed by atoms with van der Waals surface area (Å²) in [5.41, 5.74) is 0.383. The SMILES string of the molecule is CC1(C)NC(C(O)CNC(=O)Oc2ccccc2)C(=O)N1Cc1ccccc1. The van der Waals surface area contributed by atoms with Gasteiger partial charge < -0.3 is 20.1 Å². The lowest BCUT2D eigenvalue weighted by molar-refractivity contribution is -0.133. The van der Waals surface area contributed by atoms with E-state index in [2.05, 4.69) is 10.6 Å². The molecule has 0 bridgehead atoms. The first-order valence-electron chi connectivity index (χ1n) is 9.19. The molecule has 1 saturated heterocycles. The van der Waals surface area contributed by atoms with E-state index in [0.29, 0.717) is 12.3 Å². The van der Waals surface area contributed by atoms with Gasteiger partial charge in [-0.15, -0.1) is 0 Å². The van der Waals surface area contributed by atoms with Crippen molar-refractivity contribution in [3.05, 3.63) is 66.2 Å². The maximum atomic E-state index is 12.9. The second kappa shape index (κ2) is 8.41. The van der Waals surface area contributed by atoms with E-state index in [4.69, 9.17) is 4.74 Å². The molecule has 28 heavy (non-hydrogen) atoms. The molecule has 0 aliphatic carbocycles. The van der Waals surface area contributed by atoms with E-state index in [9.17, 15) is 14.7 Å². The van der Waals surface area contributed by atoms with Gasteiger partial charge in [-0.2, -0.15) is 0 Å². The molecule has 2 aromatic rings. The number of para-hydroxylation sites is 1. The Morgan fingerprint density at radius 1 is 1.18 bits per heavy atom. The number of carbonyl (C=O) groups excluding carboxylic acids is 2. The van der Waals surface area contributed by atoms with Crippen LogP contribution in [0.5, 0.6) is 5.75 Å². The molecule has 3 N–H and O–H groups in total. The normalized spacial score (nSPS) is 19.3. The molecule has 0 spiro atoms. The van der Waals surface area contributed by atoms with Gasteiger partial charge in [0.1, 0.15) is 11.8 Å². The van der Waals surface area contributed by atoms with Crippen LogP contribution in [0.1, 0.15) is 19.4 Å². The summed E-state index contributed by atoms with van der Waals surface area (Å²) < 4.78 is 5.12. The van der Waals surface area contributed by atoms with Crippen molar-refractivity contribution in [2.24, 2.45) is 0 Å². The van der Waals surface area contributed by atoms with Crippen molar-refractivity contribution >= 4 is 12.0 Å². The number of carbonyl (C=O) groups is 2. The second-order valence-electron chi connectivity index (χ2n) is 7.24. The van der Waals surface area contributed by atoms with Crippen LogP contribution in [0.4, 0.5) is 4.79 Å². The molecular formula is C21H25N3O4. The number of amides is 2. The maximum absolute atomic E-state index is 12.9. The Morgan fingerprint density at radius 3 is 2.43 bits per heavy atom. The molecule has 148 valence electrons. The van der Waals surface area contributed by atoms with Crippen molar-refractivity contribution in [1.82, 2.24) is 15.5 Å². The van der Waals surface area contributed by atoms with Crippen LogP contribution in [-0.4, -0.2) is 46.4 Å². The highest BCUT2D eigenvalue weighted by molar-refractivity contribution is 5.85. The van der Waals surface area contributed by atoms with E-state index < -0.39 is 23.9 Å². The average Bonchev–Trinajstić information content (AvgIpc) is 2.91. The molecule has 0 saturated carbocycles. The topological polar surface area (TPSA) is 90.9 Å². The van der Waals surface area contributed by atoms with E-state index in [-0.39, 0.29) is 12.5 Å². The first-order chi connectivity index (χ1) is 13.4. The van der Waals surface area contributed by atoms with E-state index >= 15 is 0 Å². The molecule has 2 unspecified atom stereocenters. The van der Waals surface area contributed by atoms with Gasteiger partial charge in [-0.3, -0.25) is 10.1 Å². The monoisotopic (exact) mass is 383 g/mol. The molecule has 3 rings (SSSR count). The van der Waals surface area contributed by atoms with Crippen molar-refractivity contribution in [3.63, 3.8) is 0 Å². The van der Waals surface area contributed by atoms with Gasteiger partial charge in [-0.25, -0.2) is 4.79 Å². The summed E-state index contributed by atoms with van der Waals surface area (Å²) in [6, 6.07) is 17.5. The summed E-state index contributed by atoms with van der Waals surface area (Å²) >= 11 is 0. The number of nitrogens with zero attached hydrogens (tertiary/aromatic N) is 1. The van der Waals surface area contributed by atoms with Crippen LogP contribution in [0.15, 0.2) is 60.7 Å². The molecule has 7 heteroatoms. The molecule has 2 aromatic carbocycles. The summed E-state index contributed by atoms with van der Waals surface area (Å²) in [5, 5.41) is 16.1. The molecule has 2 atom stereocenters. The van der Waals surface area contributed by atoms with Crippen LogP contribution in [0, 0.1) is 0 Å². The molecule has 1 heterocycles. The smallest absolute Gasteiger partial charge is 0.410 e. The summed E-state index contributed by atoms with van der Waals surface area (Å²) in [5.74, 6) is 0.194. The van der Waals surface area contributed by atoms with Gasteiger partial charge in [0, 0.05) is 13.1 Å². The minimum absolute atomic E-state index is 0.107. The number of nitrogens with one attached hydrogen (secondary N) is 2. The van der Waals surface area contributed by atoms with Crippen LogP contribution in [-0.2, 0) is 11.3 Å². The molecule has 0 radical (unpaired) electrons. The lowest BCUT2D eigenvalue weighted by Gasteiger charge is -2.31. The van der Waals surface area contributed by atoms with Crippen molar-refractivity contribution in [1.29, 1.82) is 0 Å². The predicted molar refractivity (Wildman–Crippen MR) is 104 cm³/mol. The van der Waals surface area contributed by atoms with E-state index in [1.54, 1.807) is 29.2 Å². The number of aliphatic hydroxyl groups is 1. The zero-order chi connectivity index (χ0) is 20.1. The van der Waals surface area contributed by atoms with Crippen LogP contribution in [0.2, 0.25) is 0 Å². The lowest BCUT2D eigenvalue weighted by atomic mass is 10.1. The van der Waals surface area contributed by atoms with Gasteiger partial charge >= 0.3 is 6.09 Å². The second-order valence-corrected chi connectivity index (χ2v) is 7.24. The quantitative estimate of drug-likeness (QED) is 0.709. The molecule has 1 aliphatic rings. The van der Waals surface area contributed by atoms with Gasteiger partial charge in [0.15, 0.2) is 0 Å². The molecule has 2 amide bonds. The molecule has 1 aliphatic heterocycles. The van der Waals surface area contributed by atoms with Crippen molar-refractivity contribution in [2.75, 3.05) is 6.54 Å². The lowest BCUT2D eigenvalue weighted by Crippen LogP contribution is -2.50. The summed E-state index contributed by atoms with van der Waals surface area (Å²) in [6.07, 6.45) is -1.77. The number of ether oxygens (including phenoxy) is 1. The van der Waals surface area contributed by atoms with Gasteiger partial charge in [0.2, 0.25) is 5.91 Å². The highest BCUT2D eigenvalue weighted by Gasteiger charge is 2.47. The Morgan fingerprint density at radius 2 is 1.79 bits per heavy atom. The number of hydrogen-bond donors (Lipinski definition) is 3. The molecule has 1 fully saturated rings. The Balaban J connectivity index is 1.57. The van der Waals surface area contributed by atoms with E-state index in [1.165, 1.54) is 0 Å². The Hall–Kier alpha value is -2.90. The molecule has 7 nitrogen and oxygen atoms in total. The summed E-state index contributed by atoms with van der Waals surface area (Å²) in [4.78, 5) is 26.4. The van der Waals surface area contributed by atoms with Crippen LogP contribution in [0.25, 0.3) is 0 Å². The number of benzene rings is 2. The summed E-state index contributed by atoms with van der Waals surface area (Å²) in [7, 11) is 0. The fourth-order valence-corrected chi connectivity index (χ4v) is 3.20. The average molecular weight is 383 g/mol. The first kappa shape index (κ1) is 19.9. The predicted octanol–water partition coefficient (Wildman–Crippen LogP) is 1.87. The minimum Gasteiger partial charge on any atom is -0.410 e. The zero-order valence-corrected chi connectivity index (χ0v) is 16.0. The third-order valence-corrected chi connectivity index (χ3v) is 4.69. The summed E-state index contributed by atoms with van der Waals surface area (Å²) in [6.45, 7) is 4.10. The molecule has 0 aromatic heterocycles. The first-order valence-corrected chi connectivity index (χ1v) is 9.19. The van der Waals surface area contributed by atoms with E-state index in [0.717, 1.165) is 5.56 Å². The van der Waals surface area contributed by atoms with Gasteiger partial charge in [-0.05, 0) is 31.5 Å². The third-order valence-electron chi connectivity index (χ3n) is 4.69. The number of hydrogen-bond acceptors (Lipinski definition) is 5. The van der Waals surface area contributed by atoms with Gasteiger partial charge in [0.25, 0.3) is 0 Å². The van der Waals surface area contributed by atoms with Crippen molar-refractivity contribution in [2.45, 2.75) is 38.2 Å².